The van der Waals surface area contributed by atoms with E-state index in [9.17, 15) is 9.59 Å². The fraction of sp³-hybridized carbons (Fsp3) is 0.308. The molecule has 0 bridgehead atoms. The molecule has 0 saturated heterocycles. The van der Waals surface area contributed by atoms with Crippen molar-refractivity contribution in [3.05, 3.63) is 76.8 Å². The van der Waals surface area contributed by atoms with E-state index in [0.717, 1.165) is 34.0 Å². The molecule has 0 aromatic heterocycles. The van der Waals surface area contributed by atoms with Crippen LogP contribution >= 0.6 is 24.0 Å². The maximum absolute atomic E-state index is 13.6. The molecule has 0 spiro atoms. The van der Waals surface area contributed by atoms with Gasteiger partial charge in [0.15, 0.2) is 0 Å². The number of anilines is 1. The van der Waals surface area contributed by atoms with Crippen molar-refractivity contribution in [2.24, 2.45) is 0 Å². The molecule has 0 radical (unpaired) electrons. The summed E-state index contributed by atoms with van der Waals surface area (Å²) in [5.41, 5.74) is 3.05. The van der Waals surface area contributed by atoms with Gasteiger partial charge in [0.2, 0.25) is 11.8 Å². The molecule has 5 nitrogen and oxygen atoms in total. The maximum Gasteiger partial charge on any atom is 0.249 e. The first-order valence-electron chi connectivity index (χ1n) is 11.0. The third kappa shape index (κ3) is 5.32. The number of para-hydroxylation sites is 1. The van der Waals surface area contributed by atoms with Crippen molar-refractivity contribution < 1.29 is 9.59 Å². The smallest absolute Gasteiger partial charge is 0.249 e. The highest BCUT2D eigenvalue weighted by atomic mass is 35.5. The highest BCUT2D eigenvalue weighted by molar-refractivity contribution is 6.32. The van der Waals surface area contributed by atoms with Crippen molar-refractivity contribution in [1.82, 2.24) is 10.6 Å². The quantitative estimate of drug-likeness (QED) is 0.538. The van der Waals surface area contributed by atoms with E-state index in [0.29, 0.717) is 24.4 Å². The second-order valence-corrected chi connectivity index (χ2v) is 8.63. The summed E-state index contributed by atoms with van der Waals surface area (Å²) in [7, 11) is 1.73. The average molecular weight is 486 g/mol. The predicted octanol–water partition coefficient (Wildman–Crippen LogP) is 4.53. The van der Waals surface area contributed by atoms with Gasteiger partial charge in [-0.3, -0.25) is 9.59 Å². The van der Waals surface area contributed by atoms with Gasteiger partial charge in [-0.05, 0) is 67.3 Å². The Labute approximate surface area is 205 Å². The van der Waals surface area contributed by atoms with Crippen LogP contribution in [0.1, 0.15) is 24.5 Å². The molecule has 1 aliphatic rings. The van der Waals surface area contributed by atoms with E-state index >= 15 is 0 Å². The molecule has 174 valence electrons. The molecule has 0 fully saturated rings. The van der Waals surface area contributed by atoms with Crippen LogP contribution in [0, 0.1) is 0 Å². The Morgan fingerprint density at radius 3 is 2.64 bits per heavy atom. The van der Waals surface area contributed by atoms with Gasteiger partial charge in [0, 0.05) is 17.3 Å². The number of hydrogen-bond donors (Lipinski definition) is 2. The van der Waals surface area contributed by atoms with Crippen LogP contribution in [0.15, 0.2) is 60.7 Å². The van der Waals surface area contributed by atoms with E-state index in [2.05, 4.69) is 28.8 Å². The summed E-state index contributed by atoms with van der Waals surface area (Å²) in [6, 6.07) is 19.1. The molecule has 2 amide bonds. The largest absolute Gasteiger partial charge is 0.343 e. The molecule has 1 aliphatic heterocycles. The van der Waals surface area contributed by atoms with Gasteiger partial charge in [-0.1, -0.05) is 60.1 Å². The summed E-state index contributed by atoms with van der Waals surface area (Å²) in [5, 5.41) is 8.80. The molecule has 2 N–H and O–H groups in total. The van der Waals surface area contributed by atoms with Gasteiger partial charge in [-0.15, -0.1) is 12.4 Å². The first kappa shape index (κ1) is 25.0. The zero-order valence-electron chi connectivity index (χ0n) is 18.8. The lowest BCUT2D eigenvalue weighted by molar-refractivity contribution is -0.128. The Bertz CT molecular complexity index is 1150. The number of aryl methyl sites for hydroxylation is 1. The van der Waals surface area contributed by atoms with Crippen molar-refractivity contribution in [3.8, 4) is 0 Å². The molecule has 3 aromatic rings. The number of carbonyl (C=O) groups is 2. The summed E-state index contributed by atoms with van der Waals surface area (Å²) < 4.78 is 0. The molecular formula is C26H29Cl2N3O2. The van der Waals surface area contributed by atoms with Crippen LogP contribution in [-0.4, -0.2) is 37.5 Å². The highest BCUT2D eigenvalue weighted by Crippen LogP contribution is 2.30. The summed E-state index contributed by atoms with van der Waals surface area (Å²) in [6.07, 6.45) is 1.92. The Hall–Kier alpha value is -2.60. The molecule has 3 aromatic carbocycles. The normalized spacial score (nSPS) is 16.5. The van der Waals surface area contributed by atoms with Gasteiger partial charge in [0.05, 0.1) is 6.04 Å². The molecule has 4 rings (SSSR count). The number of likely N-dealkylation sites (N-methyl/N-ethyl adjacent to an activating group) is 1. The Kier molecular flexibility index (Phi) is 8.35. The molecule has 2 atom stereocenters. The lowest BCUT2D eigenvalue weighted by Crippen LogP contribution is -2.52. The number of carbonyl (C=O) groups excluding carboxylic acids is 2. The second-order valence-electron chi connectivity index (χ2n) is 8.23. The highest BCUT2D eigenvalue weighted by Gasteiger charge is 2.32. The zero-order valence-corrected chi connectivity index (χ0v) is 20.4. The Balaban J connectivity index is 0.00000306. The summed E-state index contributed by atoms with van der Waals surface area (Å²) in [4.78, 5) is 27.9. The number of nitrogens with one attached hydrogen (secondary N) is 2. The third-order valence-corrected chi connectivity index (χ3v) is 6.61. The van der Waals surface area contributed by atoms with E-state index in [-0.39, 0.29) is 30.3 Å². The molecular weight excluding hydrogens is 457 g/mol. The van der Waals surface area contributed by atoms with Crippen LogP contribution in [-0.2, 0) is 22.4 Å². The van der Waals surface area contributed by atoms with Crippen molar-refractivity contribution >= 4 is 52.3 Å². The number of benzene rings is 3. The lowest BCUT2D eigenvalue weighted by atomic mass is 10.0. The number of rotatable bonds is 6. The van der Waals surface area contributed by atoms with Crippen molar-refractivity contribution in [1.29, 1.82) is 0 Å². The van der Waals surface area contributed by atoms with E-state index in [1.54, 1.807) is 14.0 Å². The molecule has 7 heteroatoms. The van der Waals surface area contributed by atoms with Gasteiger partial charge in [0.25, 0.3) is 0 Å². The first-order chi connectivity index (χ1) is 15.5. The molecule has 0 unspecified atom stereocenters. The zero-order chi connectivity index (χ0) is 22.7. The van der Waals surface area contributed by atoms with E-state index in [1.807, 2.05) is 47.4 Å². The molecule has 33 heavy (non-hydrogen) atoms. The van der Waals surface area contributed by atoms with Crippen molar-refractivity contribution in [3.63, 3.8) is 0 Å². The van der Waals surface area contributed by atoms with Gasteiger partial charge in [-0.2, -0.15) is 0 Å². The van der Waals surface area contributed by atoms with E-state index in [1.165, 1.54) is 0 Å². The molecule has 0 saturated carbocycles. The minimum Gasteiger partial charge on any atom is -0.343 e. The molecule has 1 heterocycles. The second kappa shape index (κ2) is 11.0. The third-order valence-electron chi connectivity index (χ3n) is 6.26. The Morgan fingerprint density at radius 1 is 1.12 bits per heavy atom. The van der Waals surface area contributed by atoms with Crippen LogP contribution in [0.4, 0.5) is 5.69 Å². The first-order valence-corrected chi connectivity index (χ1v) is 11.4. The van der Waals surface area contributed by atoms with Crippen LogP contribution in [0.2, 0.25) is 5.02 Å². The average Bonchev–Trinajstić information content (AvgIpc) is 2.94. The number of nitrogens with zero attached hydrogens (tertiary/aromatic N) is 1. The SMILES string of the molecule is CN[C@@H](C)C(=O)N[C@H]1CCc2ccccc2N(CCc2c(Cl)ccc3ccccc23)C1=O.Cl. The Morgan fingerprint density at radius 2 is 1.85 bits per heavy atom. The van der Waals surface area contributed by atoms with Crippen LogP contribution < -0.4 is 15.5 Å². The van der Waals surface area contributed by atoms with Crippen molar-refractivity contribution in [2.45, 2.75) is 38.3 Å². The summed E-state index contributed by atoms with van der Waals surface area (Å²) in [6.45, 7) is 2.27. The minimum atomic E-state index is -0.561. The van der Waals surface area contributed by atoms with Crippen LogP contribution in [0.3, 0.4) is 0 Å². The maximum atomic E-state index is 13.6. The molecule has 0 aliphatic carbocycles. The standard InChI is InChI=1S/C26H28ClN3O2.ClH/c1-17(28-2)25(31)29-23-14-12-19-8-4-6-10-24(19)30(26(23)32)16-15-21-20-9-5-3-7-18(20)11-13-22(21)27;/h3-11,13,17,23,28H,12,14-16H2,1-2H3,(H,29,31);1H/t17-,23-;/m0./s1. The van der Waals surface area contributed by atoms with Crippen molar-refractivity contribution in [2.75, 3.05) is 18.5 Å². The minimum absolute atomic E-state index is 0. The summed E-state index contributed by atoms with van der Waals surface area (Å²) >= 11 is 6.57. The van der Waals surface area contributed by atoms with Gasteiger partial charge < -0.3 is 15.5 Å². The van der Waals surface area contributed by atoms with E-state index < -0.39 is 6.04 Å². The van der Waals surface area contributed by atoms with Gasteiger partial charge >= 0.3 is 0 Å². The number of amides is 2. The fourth-order valence-corrected chi connectivity index (χ4v) is 4.55. The number of hydrogen-bond acceptors (Lipinski definition) is 3. The topological polar surface area (TPSA) is 61.4 Å². The van der Waals surface area contributed by atoms with Gasteiger partial charge in [-0.25, -0.2) is 0 Å². The van der Waals surface area contributed by atoms with Gasteiger partial charge in [0.1, 0.15) is 6.04 Å². The predicted molar refractivity (Wildman–Crippen MR) is 137 cm³/mol. The summed E-state index contributed by atoms with van der Waals surface area (Å²) in [5.74, 6) is -0.253. The number of halogens is 2. The monoisotopic (exact) mass is 485 g/mol. The van der Waals surface area contributed by atoms with E-state index in [4.69, 9.17) is 11.6 Å². The lowest BCUT2D eigenvalue weighted by Gasteiger charge is -2.27. The van der Waals surface area contributed by atoms with Crippen LogP contribution in [0.25, 0.3) is 10.8 Å². The number of fused-ring (bicyclic) bond motifs is 2. The van der Waals surface area contributed by atoms with Crippen LogP contribution in [0.5, 0.6) is 0 Å². The fourth-order valence-electron chi connectivity index (χ4n) is 4.30.